The van der Waals surface area contributed by atoms with E-state index in [0.717, 1.165) is 35.2 Å². The van der Waals surface area contributed by atoms with Crippen LogP contribution in [0.2, 0.25) is 0 Å². The smallest absolute Gasteiger partial charge is 0.249 e. The molecule has 3 aromatic rings. The molecule has 1 aliphatic carbocycles. The molecular formula is C21H20N4O. The van der Waals surface area contributed by atoms with Crippen molar-refractivity contribution < 1.29 is 4.79 Å². The molecule has 5 heteroatoms. The van der Waals surface area contributed by atoms with E-state index >= 15 is 0 Å². The van der Waals surface area contributed by atoms with E-state index < -0.39 is 0 Å². The summed E-state index contributed by atoms with van der Waals surface area (Å²) < 4.78 is 1.77. The molecule has 0 unspecified atom stereocenters. The number of nitrogens with one attached hydrogen (secondary N) is 1. The standard InChI is InChI=1S/C21H20N4O/c1-3-14(4-2)15-8-10-16(11-9-15)18-6-5-7-19-22-21(24-25(18)19)23-20(26)17-12-13-17/h3-11,17H,1,12-13H2,2H3,(H,23,24,26)/b14-4+. The maximum absolute atomic E-state index is 12.0. The summed E-state index contributed by atoms with van der Waals surface area (Å²) in [5, 5.41) is 7.29. The number of allylic oxidation sites excluding steroid dienone is 3. The summed E-state index contributed by atoms with van der Waals surface area (Å²) in [7, 11) is 0. The lowest BCUT2D eigenvalue weighted by Gasteiger charge is -2.06. The number of nitrogens with zero attached hydrogens (tertiary/aromatic N) is 3. The van der Waals surface area contributed by atoms with Crippen molar-refractivity contribution in [1.29, 1.82) is 0 Å². The Bertz CT molecular complexity index is 1010. The van der Waals surface area contributed by atoms with Gasteiger partial charge in [-0.25, -0.2) is 4.52 Å². The number of fused-ring (bicyclic) bond motifs is 1. The Kier molecular flexibility index (Phi) is 4.13. The summed E-state index contributed by atoms with van der Waals surface area (Å²) in [5.74, 6) is 0.489. The van der Waals surface area contributed by atoms with Crippen molar-refractivity contribution in [3.8, 4) is 11.3 Å². The van der Waals surface area contributed by atoms with Crippen LogP contribution in [0.4, 0.5) is 5.95 Å². The van der Waals surface area contributed by atoms with Crippen LogP contribution in [0.25, 0.3) is 22.5 Å². The molecule has 4 rings (SSSR count). The van der Waals surface area contributed by atoms with E-state index in [2.05, 4.69) is 46.2 Å². The van der Waals surface area contributed by atoms with Gasteiger partial charge in [-0.2, -0.15) is 4.98 Å². The minimum atomic E-state index is 0.00937. The largest absolute Gasteiger partial charge is 0.293 e. The van der Waals surface area contributed by atoms with Gasteiger partial charge in [-0.1, -0.05) is 49.1 Å². The van der Waals surface area contributed by atoms with Crippen LogP contribution >= 0.6 is 0 Å². The number of rotatable bonds is 5. The quantitative estimate of drug-likeness (QED) is 0.701. The molecule has 0 spiro atoms. The van der Waals surface area contributed by atoms with Gasteiger partial charge in [0.15, 0.2) is 5.65 Å². The number of hydrogen-bond donors (Lipinski definition) is 1. The van der Waals surface area contributed by atoms with E-state index in [-0.39, 0.29) is 11.8 Å². The molecule has 5 nitrogen and oxygen atoms in total. The third-order valence-corrected chi connectivity index (χ3v) is 4.59. The monoisotopic (exact) mass is 344 g/mol. The van der Waals surface area contributed by atoms with E-state index in [0.29, 0.717) is 11.6 Å². The van der Waals surface area contributed by atoms with Gasteiger partial charge in [0.25, 0.3) is 0 Å². The molecule has 1 aliphatic rings. The molecule has 1 aromatic carbocycles. The number of carbonyl (C=O) groups excluding carboxylic acids is 1. The van der Waals surface area contributed by atoms with E-state index in [1.165, 1.54) is 0 Å². The summed E-state index contributed by atoms with van der Waals surface area (Å²) in [6, 6.07) is 14.1. The molecule has 130 valence electrons. The first-order valence-corrected chi connectivity index (χ1v) is 8.76. The molecular weight excluding hydrogens is 324 g/mol. The molecule has 0 radical (unpaired) electrons. The number of aromatic nitrogens is 3. The van der Waals surface area contributed by atoms with Crippen molar-refractivity contribution in [2.45, 2.75) is 19.8 Å². The van der Waals surface area contributed by atoms with E-state index in [1.54, 1.807) is 4.52 Å². The highest BCUT2D eigenvalue weighted by atomic mass is 16.2. The van der Waals surface area contributed by atoms with Crippen LogP contribution in [0.3, 0.4) is 0 Å². The molecule has 1 N–H and O–H groups in total. The van der Waals surface area contributed by atoms with Crippen molar-refractivity contribution >= 4 is 23.1 Å². The molecule has 1 saturated carbocycles. The topological polar surface area (TPSA) is 59.3 Å². The second-order valence-corrected chi connectivity index (χ2v) is 6.41. The predicted octanol–water partition coefficient (Wildman–Crippen LogP) is 4.33. The molecule has 1 fully saturated rings. The van der Waals surface area contributed by atoms with Gasteiger partial charge in [-0.05, 0) is 43.0 Å². The lowest BCUT2D eigenvalue weighted by molar-refractivity contribution is -0.117. The fourth-order valence-corrected chi connectivity index (χ4v) is 2.97. The third-order valence-electron chi connectivity index (χ3n) is 4.59. The van der Waals surface area contributed by atoms with Crippen molar-refractivity contribution in [3.05, 3.63) is 66.8 Å². The van der Waals surface area contributed by atoms with Crippen molar-refractivity contribution in [3.63, 3.8) is 0 Å². The van der Waals surface area contributed by atoms with Crippen LogP contribution in [0.15, 0.2) is 61.2 Å². The number of benzene rings is 1. The molecule has 0 atom stereocenters. The summed E-state index contributed by atoms with van der Waals surface area (Å²) in [6.07, 6.45) is 5.79. The number of pyridine rings is 1. The van der Waals surface area contributed by atoms with Gasteiger partial charge in [-0.15, -0.1) is 5.10 Å². The average Bonchev–Trinajstić information content (AvgIpc) is 3.43. The summed E-state index contributed by atoms with van der Waals surface area (Å²) in [4.78, 5) is 16.4. The van der Waals surface area contributed by atoms with Crippen molar-refractivity contribution in [2.75, 3.05) is 5.32 Å². The first-order chi connectivity index (χ1) is 12.7. The van der Waals surface area contributed by atoms with Gasteiger partial charge in [0.05, 0.1) is 5.69 Å². The minimum Gasteiger partial charge on any atom is -0.293 e. The lowest BCUT2D eigenvalue weighted by Crippen LogP contribution is -2.14. The van der Waals surface area contributed by atoms with Crippen LogP contribution < -0.4 is 5.32 Å². The second-order valence-electron chi connectivity index (χ2n) is 6.41. The van der Waals surface area contributed by atoms with E-state index in [9.17, 15) is 4.79 Å². The normalized spacial score (nSPS) is 14.4. The second kappa shape index (κ2) is 6.59. The van der Waals surface area contributed by atoms with Crippen molar-refractivity contribution in [1.82, 2.24) is 14.6 Å². The van der Waals surface area contributed by atoms with Crippen LogP contribution in [-0.2, 0) is 4.79 Å². The Hall–Kier alpha value is -3.21. The Morgan fingerprint density at radius 1 is 1.23 bits per heavy atom. The zero-order valence-electron chi connectivity index (χ0n) is 14.6. The van der Waals surface area contributed by atoms with E-state index in [1.807, 2.05) is 37.3 Å². The zero-order valence-corrected chi connectivity index (χ0v) is 14.6. The first-order valence-electron chi connectivity index (χ1n) is 8.76. The molecule has 2 aromatic heterocycles. The molecule has 0 saturated heterocycles. The molecule has 26 heavy (non-hydrogen) atoms. The van der Waals surface area contributed by atoms with Gasteiger partial charge in [0.1, 0.15) is 0 Å². The van der Waals surface area contributed by atoms with Gasteiger partial charge in [0.2, 0.25) is 11.9 Å². The van der Waals surface area contributed by atoms with Gasteiger partial charge >= 0.3 is 0 Å². The Morgan fingerprint density at radius 2 is 2.00 bits per heavy atom. The van der Waals surface area contributed by atoms with Gasteiger partial charge in [0, 0.05) is 11.5 Å². The number of hydrogen-bond acceptors (Lipinski definition) is 3. The predicted molar refractivity (Wildman–Crippen MR) is 104 cm³/mol. The number of carbonyl (C=O) groups is 1. The van der Waals surface area contributed by atoms with Crippen LogP contribution in [0.1, 0.15) is 25.3 Å². The van der Waals surface area contributed by atoms with E-state index in [4.69, 9.17) is 0 Å². The van der Waals surface area contributed by atoms with Gasteiger partial charge in [-0.3, -0.25) is 10.1 Å². The highest BCUT2D eigenvalue weighted by Gasteiger charge is 2.30. The van der Waals surface area contributed by atoms with Gasteiger partial charge < -0.3 is 0 Å². The first kappa shape index (κ1) is 16.3. The Morgan fingerprint density at radius 3 is 2.65 bits per heavy atom. The molecule has 1 amide bonds. The Balaban J connectivity index is 1.68. The maximum atomic E-state index is 12.0. The van der Waals surface area contributed by atoms with Crippen LogP contribution in [-0.4, -0.2) is 20.5 Å². The molecule has 0 bridgehead atoms. The highest BCUT2D eigenvalue weighted by molar-refractivity contribution is 5.92. The van der Waals surface area contributed by atoms with Crippen LogP contribution in [0.5, 0.6) is 0 Å². The summed E-state index contributed by atoms with van der Waals surface area (Å²) in [5.41, 5.74) is 4.88. The molecule has 0 aliphatic heterocycles. The average molecular weight is 344 g/mol. The maximum Gasteiger partial charge on any atom is 0.249 e. The number of anilines is 1. The minimum absolute atomic E-state index is 0.00937. The zero-order chi connectivity index (χ0) is 18.1. The molecule has 2 heterocycles. The number of amides is 1. The fraction of sp³-hybridized carbons (Fsp3) is 0.190. The third kappa shape index (κ3) is 3.04. The van der Waals surface area contributed by atoms with Crippen LogP contribution in [0, 0.1) is 5.92 Å². The summed E-state index contributed by atoms with van der Waals surface area (Å²) >= 11 is 0. The van der Waals surface area contributed by atoms with Crippen molar-refractivity contribution in [2.24, 2.45) is 5.92 Å². The lowest BCUT2D eigenvalue weighted by atomic mass is 10.0. The summed E-state index contributed by atoms with van der Waals surface area (Å²) in [6.45, 7) is 5.85. The fourth-order valence-electron chi connectivity index (χ4n) is 2.97. The Labute approximate surface area is 152 Å². The highest BCUT2D eigenvalue weighted by Crippen LogP contribution is 2.30. The SMILES string of the molecule is C=C/C(=C\C)c1ccc(-c2cccc3nc(NC(=O)C4CC4)nn23)cc1.